The predicted octanol–water partition coefficient (Wildman–Crippen LogP) is 3.61. The van der Waals surface area contributed by atoms with E-state index in [0.717, 1.165) is 45.0 Å². The fourth-order valence-corrected chi connectivity index (χ4v) is 4.79. The summed E-state index contributed by atoms with van der Waals surface area (Å²) in [6.07, 6.45) is 0. The standard InChI is InChI=1S/C20H22N4O2S2/c1-14-5-3-6-16(15(14)2)26-13-18(25)23-8-10-24(11-9-23)20-22-21-19(28-20)17-7-4-12-27-17/h3-7,12H,8-11,13H2,1-2H3. The van der Waals surface area contributed by atoms with E-state index in [-0.39, 0.29) is 12.5 Å². The average Bonchev–Trinajstić information content (AvgIpc) is 3.41. The summed E-state index contributed by atoms with van der Waals surface area (Å²) in [5.41, 5.74) is 2.25. The second kappa shape index (κ2) is 8.28. The fraction of sp³-hybridized carbons (Fsp3) is 0.350. The lowest BCUT2D eigenvalue weighted by atomic mass is 10.1. The van der Waals surface area contributed by atoms with Gasteiger partial charge in [-0.3, -0.25) is 4.79 Å². The van der Waals surface area contributed by atoms with Crippen molar-refractivity contribution in [1.82, 2.24) is 15.1 Å². The van der Waals surface area contributed by atoms with Gasteiger partial charge in [0.25, 0.3) is 5.91 Å². The third-order valence-corrected chi connectivity index (χ3v) is 6.98. The molecule has 8 heteroatoms. The summed E-state index contributed by atoms with van der Waals surface area (Å²) < 4.78 is 5.76. The van der Waals surface area contributed by atoms with Gasteiger partial charge in [0.2, 0.25) is 5.13 Å². The van der Waals surface area contributed by atoms with Crippen LogP contribution in [0.3, 0.4) is 0 Å². The molecule has 0 radical (unpaired) electrons. The molecule has 1 aliphatic rings. The van der Waals surface area contributed by atoms with Gasteiger partial charge in [-0.2, -0.15) is 0 Å². The van der Waals surface area contributed by atoms with Crippen molar-refractivity contribution in [2.45, 2.75) is 13.8 Å². The zero-order valence-electron chi connectivity index (χ0n) is 15.9. The molecule has 1 amide bonds. The zero-order valence-corrected chi connectivity index (χ0v) is 17.6. The van der Waals surface area contributed by atoms with Crippen LogP contribution in [0.25, 0.3) is 9.88 Å². The first-order chi connectivity index (χ1) is 13.6. The molecule has 0 atom stereocenters. The van der Waals surface area contributed by atoms with Crippen LogP contribution in [0.4, 0.5) is 5.13 Å². The molecule has 3 heterocycles. The van der Waals surface area contributed by atoms with E-state index in [1.165, 1.54) is 0 Å². The molecular formula is C20H22N4O2S2. The molecule has 28 heavy (non-hydrogen) atoms. The first-order valence-corrected chi connectivity index (χ1v) is 10.9. The van der Waals surface area contributed by atoms with Crippen LogP contribution in [0.15, 0.2) is 35.7 Å². The molecule has 0 unspecified atom stereocenters. The summed E-state index contributed by atoms with van der Waals surface area (Å²) in [7, 11) is 0. The van der Waals surface area contributed by atoms with Gasteiger partial charge in [-0.25, -0.2) is 0 Å². The highest BCUT2D eigenvalue weighted by atomic mass is 32.1. The van der Waals surface area contributed by atoms with Crippen molar-refractivity contribution in [2.24, 2.45) is 0 Å². The molecule has 1 fully saturated rings. The molecule has 3 aromatic rings. The third kappa shape index (κ3) is 4.02. The maximum Gasteiger partial charge on any atom is 0.260 e. The Morgan fingerprint density at radius 3 is 2.68 bits per heavy atom. The van der Waals surface area contributed by atoms with Crippen molar-refractivity contribution in [1.29, 1.82) is 0 Å². The Kier molecular flexibility index (Phi) is 5.59. The molecule has 0 spiro atoms. The van der Waals surface area contributed by atoms with Crippen LogP contribution in [0.5, 0.6) is 5.75 Å². The number of carbonyl (C=O) groups is 1. The number of benzene rings is 1. The first-order valence-electron chi connectivity index (χ1n) is 9.21. The fourth-order valence-electron chi connectivity index (χ4n) is 3.10. The lowest BCUT2D eigenvalue weighted by Gasteiger charge is -2.34. The van der Waals surface area contributed by atoms with Crippen LogP contribution in [-0.2, 0) is 4.79 Å². The van der Waals surface area contributed by atoms with Crippen molar-refractivity contribution in [3.8, 4) is 15.6 Å². The Hall–Kier alpha value is -2.45. The lowest BCUT2D eigenvalue weighted by Crippen LogP contribution is -2.50. The quantitative estimate of drug-likeness (QED) is 0.638. The number of aryl methyl sites for hydroxylation is 1. The van der Waals surface area contributed by atoms with Crippen LogP contribution in [0.2, 0.25) is 0 Å². The Morgan fingerprint density at radius 2 is 1.93 bits per heavy atom. The number of hydrogen-bond donors (Lipinski definition) is 0. The minimum absolute atomic E-state index is 0.0251. The number of thiophene rings is 1. The molecule has 2 aromatic heterocycles. The van der Waals surface area contributed by atoms with Gasteiger partial charge >= 0.3 is 0 Å². The van der Waals surface area contributed by atoms with Crippen LogP contribution >= 0.6 is 22.7 Å². The van der Waals surface area contributed by atoms with E-state index in [9.17, 15) is 4.79 Å². The summed E-state index contributed by atoms with van der Waals surface area (Å²) in [5.74, 6) is 0.805. The average molecular weight is 415 g/mol. The molecule has 0 saturated carbocycles. The molecule has 0 bridgehead atoms. The molecule has 4 rings (SSSR count). The Bertz CT molecular complexity index is 947. The van der Waals surface area contributed by atoms with Gasteiger partial charge in [-0.05, 0) is 42.5 Å². The van der Waals surface area contributed by atoms with Crippen LogP contribution in [-0.4, -0.2) is 53.8 Å². The third-order valence-electron chi connectivity index (χ3n) is 4.96. The Labute approximate surface area is 172 Å². The van der Waals surface area contributed by atoms with Crippen molar-refractivity contribution in [3.63, 3.8) is 0 Å². The van der Waals surface area contributed by atoms with Gasteiger partial charge in [0.15, 0.2) is 11.6 Å². The van der Waals surface area contributed by atoms with Crippen LogP contribution < -0.4 is 9.64 Å². The van der Waals surface area contributed by atoms with E-state index in [4.69, 9.17) is 4.74 Å². The highest BCUT2D eigenvalue weighted by Crippen LogP contribution is 2.31. The van der Waals surface area contributed by atoms with E-state index in [0.29, 0.717) is 13.1 Å². The van der Waals surface area contributed by atoms with Gasteiger partial charge in [0.05, 0.1) is 4.88 Å². The lowest BCUT2D eigenvalue weighted by molar-refractivity contribution is -0.133. The Balaban J connectivity index is 1.30. The molecule has 1 aliphatic heterocycles. The highest BCUT2D eigenvalue weighted by Gasteiger charge is 2.24. The van der Waals surface area contributed by atoms with E-state index < -0.39 is 0 Å². The van der Waals surface area contributed by atoms with Gasteiger partial charge < -0.3 is 14.5 Å². The maximum absolute atomic E-state index is 12.5. The number of aromatic nitrogens is 2. The van der Waals surface area contributed by atoms with E-state index in [1.54, 1.807) is 22.7 Å². The minimum atomic E-state index is 0.0251. The molecule has 0 aliphatic carbocycles. The summed E-state index contributed by atoms with van der Waals surface area (Å²) in [5, 5.41) is 12.5. The smallest absolute Gasteiger partial charge is 0.260 e. The number of rotatable bonds is 5. The molecule has 1 aromatic carbocycles. The number of anilines is 1. The number of piperazine rings is 1. The van der Waals surface area contributed by atoms with Crippen molar-refractivity contribution in [3.05, 3.63) is 46.8 Å². The topological polar surface area (TPSA) is 58.6 Å². The monoisotopic (exact) mass is 414 g/mol. The zero-order chi connectivity index (χ0) is 19.5. The summed E-state index contributed by atoms with van der Waals surface area (Å²) in [4.78, 5) is 17.7. The summed E-state index contributed by atoms with van der Waals surface area (Å²) in [6, 6.07) is 9.98. The van der Waals surface area contributed by atoms with Crippen molar-refractivity contribution >= 4 is 33.7 Å². The largest absolute Gasteiger partial charge is 0.483 e. The molecule has 146 valence electrons. The van der Waals surface area contributed by atoms with Gasteiger partial charge in [-0.15, -0.1) is 21.5 Å². The van der Waals surface area contributed by atoms with Gasteiger partial charge in [-0.1, -0.05) is 29.5 Å². The van der Waals surface area contributed by atoms with E-state index in [2.05, 4.69) is 21.2 Å². The predicted molar refractivity (Wildman–Crippen MR) is 113 cm³/mol. The van der Waals surface area contributed by atoms with E-state index >= 15 is 0 Å². The van der Waals surface area contributed by atoms with Gasteiger partial charge in [0, 0.05) is 26.2 Å². The SMILES string of the molecule is Cc1cccc(OCC(=O)N2CCN(c3nnc(-c4cccs4)s3)CC2)c1C. The highest BCUT2D eigenvalue weighted by molar-refractivity contribution is 7.22. The molecule has 6 nitrogen and oxygen atoms in total. The normalized spacial score (nSPS) is 14.4. The minimum Gasteiger partial charge on any atom is -0.483 e. The van der Waals surface area contributed by atoms with E-state index in [1.807, 2.05) is 48.4 Å². The molecule has 1 saturated heterocycles. The second-order valence-corrected chi connectivity index (χ2v) is 8.63. The maximum atomic E-state index is 12.5. The van der Waals surface area contributed by atoms with Crippen LogP contribution in [0.1, 0.15) is 11.1 Å². The number of hydrogen-bond acceptors (Lipinski definition) is 7. The number of amides is 1. The second-order valence-electron chi connectivity index (χ2n) is 6.72. The first kappa shape index (κ1) is 18.9. The molecular weight excluding hydrogens is 392 g/mol. The summed E-state index contributed by atoms with van der Waals surface area (Å²) >= 11 is 3.27. The van der Waals surface area contributed by atoms with Gasteiger partial charge in [0.1, 0.15) is 5.75 Å². The number of carbonyl (C=O) groups excluding carboxylic acids is 1. The Morgan fingerprint density at radius 1 is 1.11 bits per heavy atom. The number of ether oxygens (including phenoxy) is 1. The molecule has 0 N–H and O–H groups in total. The number of nitrogens with zero attached hydrogens (tertiary/aromatic N) is 4. The van der Waals surface area contributed by atoms with Crippen molar-refractivity contribution in [2.75, 3.05) is 37.7 Å². The van der Waals surface area contributed by atoms with Crippen LogP contribution in [0, 0.1) is 13.8 Å². The van der Waals surface area contributed by atoms with Crippen molar-refractivity contribution < 1.29 is 9.53 Å². The summed E-state index contributed by atoms with van der Waals surface area (Å²) in [6.45, 7) is 6.99.